The van der Waals surface area contributed by atoms with Gasteiger partial charge in [0.2, 0.25) is 0 Å². The van der Waals surface area contributed by atoms with Crippen LogP contribution in [0.5, 0.6) is 0 Å². The summed E-state index contributed by atoms with van der Waals surface area (Å²) in [5, 5.41) is 20.8. The van der Waals surface area contributed by atoms with Crippen LogP contribution in [0.3, 0.4) is 0 Å². The van der Waals surface area contributed by atoms with Gasteiger partial charge in [0.15, 0.2) is 0 Å². The maximum absolute atomic E-state index is 11.8. The molecule has 1 aliphatic heterocycles. The molecule has 0 amide bonds. The van der Waals surface area contributed by atoms with E-state index in [-0.39, 0.29) is 4.72 Å². The Hall–Kier alpha value is -0.311. The molecule has 171 valence electrons. The number of rotatable bonds is 8. The van der Waals surface area contributed by atoms with E-state index in [1.165, 1.54) is 6.20 Å². The van der Waals surface area contributed by atoms with Crippen molar-refractivity contribution < 1.29 is 61.4 Å². The van der Waals surface area contributed by atoms with Gasteiger partial charge in [-0.05, 0) is 0 Å². The summed E-state index contributed by atoms with van der Waals surface area (Å²) in [5.74, 6) is 0. The van der Waals surface area contributed by atoms with Gasteiger partial charge in [0.1, 0.15) is 0 Å². The molecule has 6 N–H and O–H groups in total. The van der Waals surface area contributed by atoms with Gasteiger partial charge in [-0.2, -0.15) is 0 Å². The third kappa shape index (κ3) is 6.59. The molecule has 0 aliphatic carbocycles. The number of phosphoric ester groups is 1. The molecule has 0 spiro atoms. The van der Waals surface area contributed by atoms with Gasteiger partial charge in [-0.15, -0.1) is 0 Å². The van der Waals surface area contributed by atoms with Crippen molar-refractivity contribution in [2.24, 2.45) is 0 Å². The predicted molar refractivity (Wildman–Crippen MR) is 94.2 cm³/mol. The number of hydrogen-bond donors (Lipinski definition) is 6. The minimum atomic E-state index is -5.71. The summed E-state index contributed by atoms with van der Waals surface area (Å²) in [5.41, 5.74) is -2.61. The molecule has 1 fully saturated rings. The van der Waals surface area contributed by atoms with Gasteiger partial charge < -0.3 is 9.79 Å². The van der Waals surface area contributed by atoms with Crippen LogP contribution in [0, 0.1) is 0 Å². The molecule has 1 aliphatic rings. The minimum absolute atomic E-state index is 0.00601. The first-order valence-electron chi connectivity index (χ1n) is 7.54. The maximum atomic E-state index is 11.8. The topological polar surface area (TPSA) is 244 Å². The average molecular weight is 560 g/mol. The number of aromatic nitrogens is 2. The second kappa shape index (κ2) is 8.91. The number of nitrogens with zero attached hydrogens (tertiary/aromatic N) is 2. The zero-order valence-corrected chi connectivity index (χ0v) is 19.1. The molecule has 1 radical (unpaired) electrons. The fraction of sp³-hybridized carbons (Fsp3) is 0.600. The van der Waals surface area contributed by atoms with E-state index in [2.05, 4.69) is 34.1 Å². The normalized spacial score (nSPS) is 31.2. The van der Waals surface area contributed by atoms with Gasteiger partial charge >= 0.3 is 161 Å². The third-order valence-electron chi connectivity index (χ3n) is 3.63. The van der Waals surface area contributed by atoms with Crippen molar-refractivity contribution in [3.8, 4) is 0 Å². The summed E-state index contributed by atoms with van der Waals surface area (Å²) in [6.07, 6.45) is -3.36. The van der Waals surface area contributed by atoms with E-state index in [1.807, 2.05) is 0 Å². The quantitative estimate of drug-likeness (QED) is 0.141. The molecular formula is C10H16N2O14P3Se. The molecule has 20 heteroatoms. The van der Waals surface area contributed by atoms with Gasteiger partial charge in [0.05, 0.1) is 0 Å². The molecule has 0 saturated carbocycles. The van der Waals surface area contributed by atoms with Crippen LogP contribution in [0.2, 0.25) is 0 Å². The fourth-order valence-electron chi connectivity index (χ4n) is 2.42. The molecule has 16 nitrogen and oxygen atoms in total. The summed E-state index contributed by atoms with van der Waals surface area (Å²) in [6.45, 7) is 0.179. The van der Waals surface area contributed by atoms with Gasteiger partial charge in [-0.1, -0.05) is 0 Å². The van der Waals surface area contributed by atoms with Crippen molar-refractivity contribution in [3.05, 3.63) is 22.6 Å². The Kier molecular flexibility index (Phi) is 7.70. The number of aliphatic hydroxyl groups is 2. The zero-order valence-electron chi connectivity index (χ0n) is 14.7. The number of hydrogen-bond acceptors (Lipinski definition) is 11. The summed E-state index contributed by atoms with van der Waals surface area (Å²) >= 11 is 2.46. The van der Waals surface area contributed by atoms with Crippen molar-refractivity contribution in [3.63, 3.8) is 0 Å². The summed E-state index contributed by atoms with van der Waals surface area (Å²) in [7, 11) is -16.7. The van der Waals surface area contributed by atoms with Crippen LogP contribution in [-0.2, 0) is 31.6 Å². The molecule has 1 saturated heterocycles. The average Bonchev–Trinajstić information content (AvgIpc) is 2.73. The Labute approximate surface area is 175 Å². The van der Waals surface area contributed by atoms with Crippen LogP contribution in [0.1, 0.15) is 13.2 Å². The molecule has 1 aromatic heterocycles. The van der Waals surface area contributed by atoms with Gasteiger partial charge in [0.25, 0.3) is 0 Å². The summed E-state index contributed by atoms with van der Waals surface area (Å²) < 4.78 is 51.8. The van der Waals surface area contributed by atoms with Crippen molar-refractivity contribution in [1.82, 2.24) is 9.55 Å². The molecule has 6 atom stereocenters. The first kappa shape index (κ1) is 25.9. The van der Waals surface area contributed by atoms with Crippen LogP contribution >= 0.6 is 23.5 Å². The molecule has 0 aromatic carbocycles. The second-order valence-electron chi connectivity index (χ2n) is 6.04. The molecule has 3 unspecified atom stereocenters. The Balaban J connectivity index is 2.12. The number of ether oxygens (including phenoxy) is 1. The number of phosphoric acid groups is 3. The molecule has 2 rings (SSSR count). The van der Waals surface area contributed by atoms with E-state index in [0.717, 1.165) is 17.6 Å². The molecule has 0 bridgehead atoms. The Morgan fingerprint density at radius 3 is 2.37 bits per heavy atom. The molecule has 1 aromatic rings. The third-order valence-corrected chi connectivity index (χ3v) is 8.07. The van der Waals surface area contributed by atoms with E-state index in [9.17, 15) is 33.6 Å². The zero-order chi connectivity index (χ0) is 23.1. The van der Waals surface area contributed by atoms with Crippen LogP contribution in [0.25, 0.3) is 0 Å². The Morgan fingerprint density at radius 1 is 1.23 bits per heavy atom. The Morgan fingerprint density at radius 2 is 1.83 bits per heavy atom. The van der Waals surface area contributed by atoms with Crippen LogP contribution in [-0.4, -0.2) is 79.8 Å². The van der Waals surface area contributed by atoms with E-state index in [4.69, 9.17) is 19.4 Å². The van der Waals surface area contributed by atoms with E-state index >= 15 is 0 Å². The van der Waals surface area contributed by atoms with Gasteiger partial charge in [-0.25, -0.2) is 4.57 Å². The van der Waals surface area contributed by atoms with Crippen molar-refractivity contribution >= 4 is 44.2 Å². The van der Waals surface area contributed by atoms with Crippen LogP contribution in [0.15, 0.2) is 17.1 Å². The predicted octanol–water partition coefficient (Wildman–Crippen LogP) is -2.61. The SMILES string of the molecule is C[C@@]1(O)C(O)[C@@H](COP(=O)(O)OP(=O)(O)OP(=O)(O)O)O[C@H]1n1ccc(=O)nc1[Se]. The monoisotopic (exact) mass is 561 g/mol. The molecule has 30 heavy (non-hydrogen) atoms. The number of aliphatic hydroxyl groups excluding tert-OH is 1. The van der Waals surface area contributed by atoms with Gasteiger partial charge in [-0.3, -0.25) is 0 Å². The summed E-state index contributed by atoms with van der Waals surface area (Å²) in [4.78, 5) is 50.4. The van der Waals surface area contributed by atoms with E-state index < -0.39 is 59.7 Å². The van der Waals surface area contributed by atoms with E-state index in [1.54, 1.807) is 0 Å². The van der Waals surface area contributed by atoms with Crippen molar-refractivity contribution in [2.75, 3.05) is 6.61 Å². The van der Waals surface area contributed by atoms with Crippen molar-refractivity contribution in [1.29, 1.82) is 0 Å². The van der Waals surface area contributed by atoms with E-state index in [0.29, 0.717) is 0 Å². The standard InChI is InChI=1S/C10H16N2O14P3Se/c1-10(15)7(14)5(24-8(10)12-3-2-6(13)11-9(12)30)4-23-28(19,20)26-29(21,22)25-27(16,17)18/h2-3,5,7-8,14-15H,4H2,1H3,(H,19,20)(H,21,22)(H2,16,17,18)/t5-,7?,8-,10-/m1/s1. The summed E-state index contributed by atoms with van der Waals surface area (Å²) in [6, 6.07) is 1.05. The van der Waals surface area contributed by atoms with Gasteiger partial charge in [0, 0.05) is 0 Å². The second-order valence-corrected chi connectivity index (χ2v) is 11.2. The first-order chi connectivity index (χ1) is 13.4. The van der Waals surface area contributed by atoms with Crippen molar-refractivity contribution in [2.45, 2.75) is 31.0 Å². The first-order valence-corrected chi connectivity index (χ1v) is 12.9. The molecular weight excluding hydrogens is 544 g/mol. The van der Waals surface area contributed by atoms with Crippen LogP contribution < -0.4 is 10.3 Å². The Bertz CT molecular complexity index is 992. The van der Waals surface area contributed by atoms with Crippen LogP contribution in [0.4, 0.5) is 0 Å². The fourth-order valence-corrected chi connectivity index (χ4v) is 5.97. The molecule has 2 heterocycles.